The van der Waals surface area contributed by atoms with E-state index in [1.807, 2.05) is 0 Å². The van der Waals surface area contributed by atoms with Gasteiger partial charge in [0.05, 0.1) is 17.5 Å². The Morgan fingerprint density at radius 2 is 1.50 bits per heavy atom. The Hall–Kier alpha value is -0.880. The molecule has 20 heavy (non-hydrogen) atoms. The number of benzene rings is 1. The minimum atomic E-state index is -0.291. The Bertz CT molecular complexity index is 549. The molecular weight excluding hydrogens is 390 g/mol. The number of nitrogens with zero attached hydrogens (tertiary/aromatic N) is 1. The highest BCUT2D eigenvalue weighted by Gasteiger charge is 2.52. The van der Waals surface area contributed by atoms with Crippen molar-refractivity contribution in [3.8, 4) is 5.75 Å². The molecule has 1 heterocycles. The highest BCUT2D eigenvalue weighted by Crippen LogP contribution is 2.45. The summed E-state index contributed by atoms with van der Waals surface area (Å²) in [4.78, 5) is 26.5. The molecule has 2 aliphatic rings. The number of aromatic hydroxyl groups is 1. The summed E-state index contributed by atoms with van der Waals surface area (Å²) in [6.45, 7) is 0. The van der Waals surface area contributed by atoms with Crippen LogP contribution in [0.2, 0.25) is 0 Å². The maximum atomic E-state index is 12.5. The molecule has 106 valence electrons. The van der Waals surface area contributed by atoms with Crippen molar-refractivity contribution in [2.24, 2.45) is 11.8 Å². The van der Waals surface area contributed by atoms with Crippen LogP contribution in [0.4, 0.5) is 5.69 Å². The van der Waals surface area contributed by atoms with Gasteiger partial charge in [-0.2, -0.15) is 0 Å². The van der Waals surface area contributed by atoms with Crippen molar-refractivity contribution in [2.45, 2.75) is 22.5 Å². The van der Waals surface area contributed by atoms with Crippen LogP contribution in [0.25, 0.3) is 0 Å². The van der Waals surface area contributed by atoms with Gasteiger partial charge in [-0.3, -0.25) is 9.59 Å². The van der Waals surface area contributed by atoms with Crippen LogP contribution in [0.1, 0.15) is 12.8 Å². The summed E-state index contributed by atoms with van der Waals surface area (Å²) in [7, 11) is 0. The first-order chi connectivity index (χ1) is 9.50. The van der Waals surface area contributed by atoms with Gasteiger partial charge in [-0.15, -0.1) is 0 Å². The number of carbonyl (C=O) groups is 2. The van der Waals surface area contributed by atoms with Crippen LogP contribution < -0.4 is 4.90 Å². The van der Waals surface area contributed by atoms with E-state index in [9.17, 15) is 14.7 Å². The maximum Gasteiger partial charge on any atom is 0.237 e. The van der Waals surface area contributed by atoms with Crippen molar-refractivity contribution in [1.29, 1.82) is 0 Å². The third-order valence-corrected chi connectivity index (χ3v) is 6.77. The summed E-state index contributed by atoms with van der Waals surface area (Å²) >= 11 is 7.10. The smallest absolute Gasteiger partial charge is 0.237 e. The summed E-state index contributed by atoms with van der Waals surface area (Å²) < 4.78 is 0. The zero-order valence-electron chi connectivity index (χ0n) is 10.5. The van der Waals surface area contributed by atoms with Gasteiger partial charge in [0.15, 0.2) is 0 Å². The van der Waals surface area contributed by atoms with E-state index in [0.29, 0.717) is 12.8 Å². The molecule has 3 rings (SSSR count). The number of rotatable bonds is 1. The average molecular weight is 403 g/mol. The molecule has 0 spiro atoms. The van der Waals surface area contributed by atoms with Crippen molar-refractivity contribution >= 4 is 49.4 Å². The second kappa shape index (κ2) is 5.15. The molecule has 0 radical (unpaired) electrons. The van der Waals surface area contributed by atoms with E-state index in [1.54, 1.807) is 18.2 Å². The molecule has 1 N–H and O–H groups in total. The fourth-order valence-corrected chi connectivity index (χ4v) is 4.22. The molecule has 4 atom stereocenters. The van der Waals surface area contributed by atoms with Gasteiger partial charge in [-0.1, -0.05) is 44.0 Å². The SMILES string of the molecule is O=C1[C@H]2C[C@@H](Br)[C@@H](Br)C[C@H]2C(=O)N1c1ccccc1O. The van der Waals surface area contributed by atoms with Crippen molar-refractivity contribution < 1.29 is 14.7 Å². The lowest BCUT2D eigenvalue weighted by molar-refractivity contribution is -0.122. The van der Waals surface area contributed by atoms with Gasteiger partial charge in [0, 0.05) is 9.65 Å². The number of para-hydroxylation sites is 2. The Morgan fingerprint density at radius 3 is 2.00 bits per heavy atom. The standard InChI is InChI=1S/C14H13Br2NO3/c15-9-5-7-8(6-10(9)16)14(20)17(13(7)19)11-3-1-2-4-12(11)18/h1-4,7-10,18H,5-6H2/t7-,8+,9+,10-. The fourth-order valence-electron chi connectivity index (χ4n) is 2.99. The molecule has 2 amide bonds. The number of halogens is 2. The molecule has 1 aromatic carbocycles. The summed E-state index contributed by atoms with van der Waals surface area (Å²) in [6, 6.07) is 6.45. The van der Waals surface area contributed by atoms with E-state index in [4.69, 9.17) is 0 Å². The van der Waals surface area contributed by atoms with Crippen LogP contribution >= 0.6 is 31.9 Å². The predicted octanol–water partition coefficient (Wildman–Crippen LogP) is 2.82. The fraction of sp³-hybridized carbons (Fsp3) is 0.429. The third kappa shape index (κ3) is 2.09. The molecule has 0 unspecified atom stereocenters. The quantitative estimate of drug-likeness (QED) is 0.580. The van der Waals surface area contributed by atoms with Crippen molar-refractivity contribution in [3.05, 3.63) is 24.3 Å². The normalized spacial score (nSPS) is 33.4. The van der Waals surface area contributed by atoms with E-state index in [0.717, 1.165) is 4.90 Å². The molecule has 0 bridgehead atoms. The van der Waals surface area contributed by atoms with Crippen LogP contribution in [0.3, 0.4) is 0 Å². The number of imide groups is 1. The number of hydrogen-bond acceptors (Lipinski definition) is 3. The zero-order chi connectivity index (χ0) is 14.4. The largest absolute Gasteiger partial charge is 0.506 e. The number of amides is 2. The van der Waals surface area contributed by atoms with E-state index in [-0.39, 0.29) is 44.7 Å². The second-order valence-electron chi connectivity index (χ2n) is 5.22. The van der Waals surface area contributed by atoms with Gasteiger partial charge >= 0.3 is 0 Å². The molecule has 1 aliphatic heterocycles. The molecule has 1 saturated heterocycles. The van der Waals surface area contributed by atoms with E-state index in [1.165, 1.54) is 6.07 Å². The van der Waals surface area contributed by atoms with Crippen molar-refractivity contribution in [2.75, 3.05) is 4.90 Å². The van der Waals surface area contributed by atoms with Crippen LogP contribution in [0, 0.1) is 11.8 Å². The lowest BCUT2D eigenvalue weighted by atomic mass is 9.81. The highest BCUT2D eigenvalue weighted by atomic mass is 79.9. The molecule has 6 heteroatoms. The minimum Gasteiger partial charge on any atom is -0.506 e. The summed E-state index contributed by atoms with van der Waals surface area (Å²) in [5.41, 5.74) is 0.286. The van der Waals surface area contributed by atoms with Gasteiger partial charge in [-0.25, -0.2) is 4.90 Å². The lowest BCUT2D eigenvalue weighted by Crippen LogP contribution is -2.34. The molecule has 1 saturated carbocycles. The zero-order valence-corrected chi connectivity index (χ0v) is 13.7. The van der Waals surface area contributed by atoms with Crippen LogP contribution in [-0.2, 0) is 9.59 Å². The molecule has 0 aromatic heterocycles. The minimum absolute atomic E-state index is 0.0429. The predicted molar refractivity (Wildman–Crippen MR) is 82.2 cm³/mol. The summed E-state index contributed by atoms with van der Waals surface area (Å²) in [6.07, 6.45) is 1.27. The number of anilines is 1. The van der Waals surface area contributed by atoms with Gasteiger partial charge in [-0.05, 0) is 25.0 Å². The number of hydrogen-bond donors (Lipinski definition) is 1. The van der Waals surface area contributed by atoms with Crippen LogP contribution in [-0.4, -0.2) is 26.6 Å². The summed E-state index contributed by atoms with van der Waals surface area (Å²) in [5.74, 6) is -1.03. The second-order valence-corrected chi connectivity index (χ2v) is 7.57. The van der Waals surface area contributed by atoms with Crippen LogP contribution in [0.15, 0.2) is 24.3 Å². The van der Waals surface area contributed by atoms with Crippen molar-refractivity contribution in [1.82, 2.24) is 0 Å². The average Bonchev–Trinajstić information content (AvgIpc) is 2.64. The van der Waals surface area contributed by atoms with E-state index < -0.39 is 0 Å². The lowest BCUT2D eigenvalue weighted by Gasteiger charge is -2.29. The molecule has 1 aliphatic carbocycles. The van der Waals surface area contributed by atoms with Crippen LogP contribution in [0.5, 0.6) is 5.75 Å². The topological polar surface area (TPSA) is 57.6 Å². The number of phenols is 1. The molecular formula is C14H13Br2NO3. The van der Waals surface area contributed by atoms with E-state index >= 15 is 0 Å². The maximum absolute atomic E-state index is 12.5. The molecule has 2 fully saturated rings. The van der Waals surface area contributed by atoms with Gasteiger partial charge in [0.1, 0.15) is 5.75 Å². The van der Waals surface area contributed by atoms with E-state index in [2.05, 4.69) is 31.9 Å². The third-order valence-electron chi connectivity index (χ3n) is 4.03. The van der Waals surface area contributed by atoms with Crippen molar-refractivity contribution in [3.63, 3.8) is 0 Å². The first kappa shape index (κ1) is 14.1. The number of phenolic OH excluding ortho intramolecular Hbond substituents is 1. The molecule has 4 nitrogen and oxygen atoms in total. The summed E-state index contributed by atoms with van der Waals surface area (Å²) in [5, 5.41) is 9.88. The number of alkyl halides is 2. The number of carbonyl (C=O) groups excluding carboxylic acids is 2. The monoisotopic (exact) mass is 401 g/mol. The Labute approximate surface area is 133 Å². The number of fused-ring (bicyclic) bond motifs is 1. The highest BCUT2D eigenvalue weighted by molar-refractivity contribution is 9.12. The molecule has 1 aromatic rings. The Balaban J connectivity index is 1.97. The first-order valence-corrected chi connectivity index (χ1v) is 8.27. The first-order valence-electron chi connectivity index (χ1n) is 6.44. The van der Waals surface area contributed by atoms with Gasteiger partial charge in [0.2, 0.25) is 11.8 Å². The Kier molecular flexibility index (Phi) is 3.62. The Morgan fingerprint density at radius 1 is 1.00 bits per heavy atom. The van der Waals surface area contributed by atoms with Gasteiger partial charge in [0.25, 0.3) is 0 Å². The van der Waals surface area contributed by atoms with Gasteiger partial charge < -0.3 is 5.11 Å².